The van der Waals surface area contributed by atoms with Gasteiger partial charge in [-0.3, -0.25) is 4.79 Å². The van der Waals surface area contributed by atoms with E-state index in [4.69, 9.17) is 9.53 Å². The first-order valence-corrected chi connectivity index (χ1v) is 8.07. The van der Waals surface area contributed by atoms with E-state index in [1.54, 1.807) is 13.8 Å². The number of rotatable bonds is 4. The predicted octanol–water partition coefficient (Wildman–Crippen LogP) is 2.64. The van der Waals surface area contributed by atoms with E-state index in [-0.39, 0.29) is 28.6 Å². The van der Waals surface area contributed by atoms with Gasteiger partial charge >= 0.3 is 0 Å². The quantitative estimate of drug-likeness (QED) is 0.489. The summed E-state index contributed by atoms with van der Waals surface area (Å²) in [7, 11) is -1.74. The number of carbonyl (C=O) groups excluding carboxylic acids is 1. The van der Waals surface area contributed by atoms with Gasteiger partial charge in [0.15, 0.2) is 14.1 Å². The normalized spacial score (nSPS) is 13.3. The molecule has 5 heteroatoms. The molecule has 0 spiro atoms. The second-order valence-corrected chi connectivity index (χ2v) is 9.30. The molecule has 3 nitrogen and oxygen atoms in total. The smallest absolute Gasteiger partial charge is 0.189 e. The fourth-order valence-electron chi connectivity index (χ4n) is 1.18. The molecule has 1 radical (unpaired) electrons. The SMILES string of the molecule is C/C(O)=C/C(=O)C(C)(C)O[Si](C)(C)C.[Cu]. The maximum Gasteiger partial charge on any atom is 0.189 e. The van der Waals surface area contributed by atoms with E-state index in [1.165, 1.54) is 13.0 Å². The van der Waals surface area contributed by atoms with Crippen LogP contribution in [0.3, 0.4) is 0 Å². The van der Waals surface area contributed by atoms with E-state index in [0.717, 1.165) is 0 Å². The van der Waals surface area contributed by atoms with Crippen molar-refractivity contribution in [3.05, 3.63) is 11.8 Å². The van der Waals surface area contributed by atoms with Crippen molar-refractivity contribution in [3.63, 3.8) is 0 Å². The van der Waals surface area contributed by atoms with Gasteiger partial charge in [-0.15, -0.1) is 0 Å². The van der Waals surface area contributed by atoms with E-state index in [9.17, 15) is 4.79 Å². The van der Waals surface area contributed by atoms with Crippen LogP contribution in [0.5, 0.6) is 0 Å². The first-order valence-electron chi connectivity index (χ1n) is 4.66. The summed E-state index contributed by atoms with van der Waals surface area (Å²) >= 11 is 0. The van der Waals surface area contributed by atoms with Crippen LogP contribution >= 0.6 is 0 Å². The second-order valence-electron chi connectivity index (χ2n) is 4.87. The van der Waals surface area contributed by atoms with Gasteiger partial charge in [-0.1, -0.05) is 0 Å². The van der Waals surface area contributed by atoms with Crippen LogP contribution in [0.2, 0.25) is 19.6 Å². The molecular weight excluding hydrogens is 260 g/mol. The summed E-state index contributed by atoms with van der Waals surface area (Å²) in [6.07, 6.45) is 1.21. The van der Waals surface area contributed by atoms with Crippen LogP contribution in [0.1, 0.15) is 20.8 Å². The van der Waals surface area contributed by atoms with Crippen molar-refractivity contribution in [3.8, 4) is 0 Å². The standard InChI is InChI=1S/C10H20O3Si.Cu/c1-8(11)7-9(12)10(2,3)13-14(4,5)6;/h7,11H,1-6H3;/b8-7-;. The maximum atomic E-state index is 11.6. The molecule has 0 heterocycles. The van der Waals surface area contributed by atoms with Crippen molar-refractivity contribution >= 4 is 14.1 Å². The van der Waals surface area contributed by atoms with Crippen molar-refractivity contribution in [1.29, 1.82) is 0 Å². The van der Waals surface area contributed by atoms with E-state index in [0.29, 0.717) is 0 Å². The summed E-state index contributed by atoms with van der Waals surface area (Å²) in [5.41, 5.74) is -0.839. The minimum atomic E-state index is -1.74. The van der Waals surface area contributed by atoms with Crippen LogP contribution in [0.15, 0.2) is 11.8 Å². The summed E-state index contributed by atoms with van der Waals surface area (Å²) in [5, 5.41) is 8.98. The molecule has 0 fully saturated rings. The number of carbonyl (C=O) groups is 1. The Hall–Kier alpha value is -0.0936. The van der Waals surface area contributed by atoms with Crippen molar-refractivity contribution in [2.45, 2.75) is 46.0 Å². The first kappa shape index (κ1) is 17.3. The average Bonchev–Trinajstić information content (AvgIpc) is 1.78. The summed E-state index contributed by atoms with van der Waals surface area (Å²) < 4.78 is 5.72. The number of allylic oxidation sites excluding steroid dienone is 1. The van der Waals surface area contributed by atoms with E-state index >= 15 is 0 Å². The second kappa shape index (κ2) is 5.85. The fraction of sp³-hybridized carbons (Fsp3) is 0.700. The van der Waals surface area contributed by atoms with Crippen molar-refractivity contribution < 1.29 is 31.4 Å². The van der Waals surface area contributed by atoms with Crippen LogP contribution in [0.4, 0.5) is 0 Å². The molecule has 0 aromatic rings. The zero-order valence-electron chi connectivity index (χ0n) is 10.1. The molecule has 0 rings (SSSR count). The monoisotopic (exact) mass is 279 g/mol. The zero-order chi connectivity index (χ0) is 11.6. The molecule has 0 unspecified atom stereocenters. The van der Waals surface area contributed by atoms with Gasteiger partial charge in [-0.25, -0.2) is 0 Å². The van der Waals surface area contributed by atoms with Gasteiger partial charge in [0.2, 0.25) is 0 Å². The fourth-order valence-corrected chi connectivity index (χ4v) is 2.81. The summed E-state index contributed by atoms with van der Waals surface area (Å²) in [6.45, 7) is 11.0. The van der Waals surface area contributed by atoms with Gasteiger partial charge in [0, 0.05) is 23.1 Å². The van der Waals surface area contributed by atoms with Crippen LogP contribution in [-0.2, 0) is 26.3 Å². The Balaban J connectivity index is 0. The predicted molar refractivity (Wildman–Crippen MR) is 59.9 cm³/mol. The molecule has 0 aromatic carbocycles. The Morgan fingerprint density at radius 2 is 1.73 bits per heavy atom. The number of aliphatic hydroxyl groups excluding tert-OH is 1. The Kier molecular flexibility index (Phi) is 6.74. The number of ketones is 1. The number of hydrogen-bond acceptors (Lipinski definition) is 3. The Bertz CT molecular complexity index is 250. The van der Waals surface area contributed by atoms with E-state index in [1.807, 2.05) is 19.6 Å². The maximum absolute atomic E-state index is 11.6. The molecule has 0 aliphatic rings. The largest absolute Gasteiger partial charge is 0.512 e. The minimum Gasteiger partial charge on any atom is -0.512 e. The molecule has 0 aliphatic carbocycles. The van der Waals surface area contributed by atoms with Gasteiger partial charge in [0.1, 0.15) is 5.60 Å². The van der Waals surface area contributed by atoms with Crippen LogP contribution in [0, 0.1) is 0 Å². The molecule has 0 amide bonds. The molecule has 0 saturated carbocycles. The topological polar surface area (TPSA) is 46.5 Å². The average molecular weight is 280 g/mol. The summed E-state index contributed by atoms with van der Waals surface area (Å²) in [4.78, 5) is 11.6. The van der Waals surface area contributed by atoms with Gasteiger partial charge in [-0.2, -0.15) is 0 Å². The van der Waals surface area contributed by atoms with Gasteiger partial charge < -0.3 is 9.53 Å². The number of aliphatic hydroxyl groups is 1. The van der Waals surface area contributed by atoms with Gasteiger partial charge in [0.05, 0.1) is 5.76 Å². The molecule has 0 bridgehead atoms. The molecule has 1 N–H and O–H groups in total. The van der Waals surface area contributed by atoms with Crippen LogP contribution < -0.4 is 0 Å². The van der Waals surface area contributed by atoms with Gasteiger partial charge in [0.25, 0.3) is 0 Å². The summed E-state index contributed by atoms with van der Waals surface area (Å²) in [6, 6.07) is 0. The molecule has 0 aliphatic heterocycles. The third-order valence-electron chi connectivity index (χ3n) is 1.49. The Morgan fingerprint density at radius 3 is 2.00 bits per heavy atom. The third kappa shape index (κ3) is 7.79. The first-order chi connectivity index (χ1) is 6.04. The van der Waals surface area contributed by atoms with Crippen LogP contribution in [0.25, 0.3) is 0 Å². The zero-order valence-corrected chi connectivity index (χ0v) is 12.1. The van der Waals surface area contributed by atoms with E-state index < -0.39 is 13.9 Å². The third-order valence-corrected chi connectivity index (χ3v) is 2.62. The molecule has 15 heavy (non-hydrogen) atoms. The van der Waals surface area contributed by atoms with Crippen molar-refractivity contribution in [1.82, 2.24) is 0 Å². The molecule has 0 aromatic heterocycles. The molecular formula is C10H20CuO3Si. The minimum absolute atomic E-state index is 0. The Labute approximate surface area is 104 Å². The molecule has 93 valence electrons. The molecule has 0 saturated heterocycles. The van der Waals surface area contributed by atoms with Gasteiger partial charge in [-0.05, 0) is 40.4 Å². The summed E-state index contributed by atoms with van der Waals surface area (Å²) in [5.74, 6) is -0.179. The number of hydrogen-bond donors (Lipinski definition) is 1. The van der Waals surface area contributed by atoms with Crippen molar-refractivity contribution in [2.75, 3.05) is 0 Å². The Morgan fingerprint density at radius 1 is 1.33 bits per heavy atom. The van der Waals surface area contributed by atoms with Crippen molar-refractivity contribution in [2.24, 2.45) is 0 Å². The molecule has 0 atom stereocenters. The van der Waals surface area contributed by atoms with Crippen LogP contribution in [-0.4, -0.2) is 24.8 Å². The van der Waals surface area contributed by atoms with E-state index in [2.05, 4.69) is 0 Å².